The predicted octanol–water partition coefficient (Wildman–Crippen LogP) is 5.45. The summed E-state index contributed by atoms with van der Waals surface area (Å²) in [6.07, 6.45) is 3.33. The van der Waals surface area contributed by atoms with E-state index in [2.05, 4.69) is 0 Å². The summed E-state index contributed by atoms with van der Waals surface area (Å²) in [7, 11) is 0. The van der Waals surface area contributed by atoms with Crippen LogP contribution in [0, 0.1) is 0 Å². The first-order chi connectivity index (χ1) is 9.74. The Hall–Kier alpha value is -1.90. The van der Waals surface area contributed by atoms with Crippen molar-refractivity contribution in [1.82, 2.24) is 0 Å². The summed E-state index contributed by atoms with van der Waals surface area (Å²) in [5.41, 5.74) is 0.851. The van der Waals surface area contributed by atoms with E-state index in [0.29, 0.717) is 5.02 Å². The monoisotopic (exact) mass is 298 g/mol. The number of fused-ring (bicyclic) bond motifs is 1. The Bertz CT molecular complexity index is 768. The minimum absolute atomic E-state index is 0.00567. The highest BCUT2D eigenvalue weighted by atomic mass is 35.5. The van der Waals surface area contributed by atoms with Crippen LogP contribution >= 0.6 is 22.9 Å². The highest BCUT2D eigenvalue weighted by Crippen LogP contribution is 2.26. The lowest BCUT2D eigenvalue weighted by Gasteiger charge is -1.95. The lowest BCUT2D eigenvalue weighted by Crippen LogP contribution is -1.88. The zero-order valence-electron chi connectivity index (χ0n) is 10.5. The maximum absolute atomic E-state index is 12.2. The van der Waals surface area contributed by atoms with Crippen LogP contribution in [0.1, 0.15) is 15.2 Å². The third-order valence-electron chi connectivity index (χ3n) is 2.99. The molecule has 1 nitrogen and oxygen atoms in total. The maximum atomic E-state index is 12.2. The van der Waals surface area contributed by atoms with E-state index in [9.17, 15) is 4.79 Å². The summed E-state index contributed by atoms with van der Waals surface area (Å²) in [6.45, 7) is 0. The fraction of sp³-hybridized carbons (Fsp3) is 0. The van der Waals surface area contributed by atoms with Crippen LogP contribution in [0.4, 0.5) is 0 Å². The van der Waals surface area contributed by atoms with Crippen molar-refractivity contribution in [3.63, 3.8) is 0 Å². The molecule has 0 fully saturated rings. The Balaban J connectivity index is 1.88. The molecule has 0 spiro atoms. The summed E-state index contributed by atoms with van der Waals surface area (Å²) in [5, 5.41) is 1.75. The van der Waals surface area contributed by atoms with E-state index in [4.69, 9.17) is 11.6 Å². The number of allylic oxidation sites excluding steroid dienone is 1. The van der Waals surface area contributed by atoms with Crippen molar-refractivity contribution >= 4 is 44.9 Å². The summed E-state index contributed by atoms with van der Waals surface area (Å²) >= 11 is 7.57. The molecule has 0 bridgehead atoms. The van der Waals surface area contributed by atoms with Crippen LogP contribution in [0.5, 0.6) is 0 Å². The molecule has 1 aromatic heterocycles. The van der Waals surface area contributed by atoms with Crippen molar-refractivity contribution in [3.8, 4) is 0 Å². The van der Waals surface area contributed by atoms with E-state index in [1.807, 2.05) is 54.6 Å². The van der Waals surface area contributed by atoms with Gasteiger partial charge in [0.25, 0.3) is 0 Å². The van der Waals surface area contributed by atoms with Crippen molar-refractivity contribution < 1.29 is 4.79 Å². The highest BCUT2D eigenvalue weighted by Gasteiger charge is 2.07. The second kappa shape index (κ2) is 5.61. The molecule has 3 rings (SSSR count). The lowest BCUT2D eigenvalue weighted by atomic mass is 10.2. The van der Waals surface area contributed by atoms with Gasteiger partial charge < -0.3 is 0 Å². The van der Waals surface area contributed by atoms with Gasteiger partial charge in [0.15, 0.2) is 5.78 Å². The number of thiophene rings is 1. The fourth-order valence-corrected chi connectivity index (χ4v) is 3.14. The Labute approximate surface area is 126 Å². The lowest BCUT2D eigenvalue weighted by molar-refractivity contribution is 0.105. The number of hydrogen-bond acceptors (Lipinski definition) is 2. The molecular formula is C17H11ClOS. The van der Waals surface area contributed by atoms with E-state index >= 15 is 0 Å². The van der Waals surface area contributed by atoms with Gasteiger partial charge in [-0.1, -0.05) is 48.0 Å². The fourth-order valence-electron chi connectivity index (χ4n) is 1.96. The van der Waals surface area contributed by atoms with Crippen LogP contribution in [0.25, 0.3) is 16.2 Å². The second-order valence-electron chi connectivity index (χ2n) is 4.37. The van der Waals surface area contributed by atoms with Crippen LogP contribution < -0.4 is 0 Å². The number of hydrogen-bond donors (Lipinski definition) is 0. The SMILES string of the molecule is O=C(/C=C/c1ccccc1Cl)c1cc2ccccc2s1. The molecule has 0 saturated heterocycles. The van der Waals surface area contributed by atoms with Gasteiger partial charge in [-0.2, -0.15) is 0 Å². The molecular weight excluding hydrogens is 288 g/mol. The number of rotatable bonds is 3. The Morgan fingerprint density at radius 3 is 2.60 bits per heavy atom. The van der Waals surface area contributed by atoms with Gasteiger partial charge in [-0.25, -0.2) is 0 Å². The summed E-state index contributed by atoms with van der Waals surface area (Å²) in [6, 6.07) is 17.4. The summed E-state index contributed by atoms with van der Waals surface area (Å²) < 4.78 is 1.13. The van der Waals surface area contributed by atoms with E-state index in [-0.39, 0.29) is 5.78 Å². The van der Waals surface area contributed by atoms with Crippen molar-refractivity contribution in [2.75, 3.05) is 0 Å². The number of benzene rings is 2. The summed E-state index contributed by atoms with van der Waals surface area (Å²) in [5.74, 6) is 0.00567. The third-order valence-corrected chi connectivity index (χ3v) is 4.46. The van der Waals surface area contributed by atoms with Crippen LogP contribution in [-0.2, 0) is 0 Å². The number of carbonyl (C=O) groups excluding carboxylic acids is 1. The minimum atomic E-state index is 0.00567. The Kier molecular flexibility index (Phi) is 3.68. The first kappa shape index (κ1) is 13.1. The smallest absolute Gasteiger partial charge is 0.195 e. The van der Waals surface area contributed by atoms with Gasteiger partial charge in [-0.05, 0) is 41.3 Å². The highest BCUT2D eigenvalue weighted by molar-refractivity contribution is 7.21. The van der Waals surface area contributed by atoms with E-state index in [0.717, 1.165) is 20.5 Å². The molecule has 0 radical (unpaired) electrons. The molecule has 20 heavy (non-hydrogen) atoms. The van der Waals surface area contributed by atoms with Gasteiger partial charge in [0, 0.05) is 9.72 Å². The zero-order valence-corrected chi connectivity index (χ0v) is 12.1. The molecule has 98 valence electrons. The van der Waals surface area contributed by atoms with Crippen LogP contribution in [0.2, 0.25) is 5.02 Å². The molecule has 1 heterocycles. The second-order valence-corrected chi connectivity index (χ2v) is 5.86. The predicted molar refractivity (Wildman–Crippen MR) is 86.6 cm³/mol. The van der Waals surface area contributed by atoms with E-state index < -0.39 is 0 Å². The molecule has 0 atom stereocenters. The van der Waals surface area contributed by atoms with Crippen LogP contribution in [0.15, 0.2) is 60.7 Å². The number of ketones is 1. The molecule has 0 aliphatic rings. The Morgan fingerprint density at radius 1 is 1.05 bits per heavy atom. The van der Waals surface area contributed by atoms with Gasteiger partial charge in [0.1, 0.15) is 0 Å². The van der Waals surface area contributed by atoms with Gasteiger partial charge >= 0.3 is 0 Å². The molecule has 0 unspecified atom stereocenters. The summed E-state index contributed by atoms with van der Waals surface area (Å²) in [4.78, 5) is 12.9. The number of halogens is 1. The van der Waals surface area contributed by atoms with Crippen LogP contribution in [0.3, 0.4) is 0 Å². The molecule has 3 heteroatoms. The topological polar surface area (TPSA) is 17.1 Å². The quantitative estimate of drug-likeness (QED) is 0.464. The number of carbonyl (C=O) groups is 1. The molecule has 0 aliphatic heterocycles. The maximum Gasteiger partial charge on any atom is 0.195 e. The molecule has 0 amide bonds. The average Bonchev–Trinajstić information content (AvgIpc) is 2.90. The van der Waals surface area contributed by atoms with Gasteiger partial charge in [0.05, 0.1) is 4.88 Å². The standard InChI is InChI=1S/C17H11ClOS/c18-14-7-3-1-5-12(14)9-10-15(19)17-11-13-6-2-4-8-16(13)20-17/h1-11H/b10-9+. The minimum Gasteiger partial charge on any atom is -0.288 e. The van der Waals surface area contributed by atoms with Gasteiger partial charge in [-0.15, -0.1) is 11.3 Å². The normalized spacial score (nSPS) is 11.2. The molecule has 2 aromatic carbocycles. The van der Waals surface area contributed by atoms with Gasteiger partial charge in [-0.3, -0.25) is 4.79 Å². The van der Waals surface area contributed by atoms with Crippen LogP contribution in [-0.4, -0.2) is 5.78 Å². The van der Waals surface area contributed by atoms with E-state index in [1.165, 1.54) is 11.3 Å². The van der Waals surface area contributed by atoms with Gasteiger partial charge in [0.2, 0.25) is 0 Å². The largest absolute Gasteiger partial charge is 0.288 e. The average molecular weight is 299 g/mol. The molecule has 0 aliphatic carbocycles. The van der Waals surface area contributed by atoms with Crippen molar-refractivity contribution in [2.24, 2.45) is 0 Å². The van der Waals surface area contributed by atoms with Crippen molar-refractivity contribution in [3.05, 3.63) is 76.1 Å². The molecule has 0 saturated carbocycles. The third kappa shape index (κ3) is 2.67. The molecule has 0 N–H and O–H groups in total. The first-order valence-electron chi connectivity index (χ1n) is 6.19. The zero-order chi connectivity index (χ0) is 13.9. The van der Waals surface area contributed by atoms with Crippen molar-refractivity contribution in [1.29, 1.82) is 0 Å². The first-order valence-corrected chi connectivity index (χ1v) is 7.39. The molecule has 3 aromatic rings. The van der Waals surface area contributed by atoms with E-state index in [1.54, 1.807) is 12.2 Å². The Morgan fingerprint density at radius 2 is 1.80 bits per heavy atom. The van der Waals surface area contributed by atoms with Crippen molar-refractivity contribution in [2.45, 2.75) is 0 Å².